The number of amides is 1. The average molecular weight is 773 g/mol. The van der Waals surface area contributed by atoms with Crippen LogP contribution in [0.5, 0.6) is 5.75 Å². The van der Waals surface area contributed by atoms with Crippen molar-refractivity contribution in [2.75, 3.05) is 31.7 Å². The molecule has 2 saturated carbocycles. The molecule has 5 N–H and O–H groups in total. The van der Waals surface area contributed by atoms with Gasteiger partial charge in [-0.05, 0) is 103 Å². The highest BCUT2D eigenvalue weighted by Crippen LogP contribution is 2.55. The molecule has 13 heteroatoms. The number of benzene rings is 2. The summed E-state index contributed by atoms with van der Waals surface area (Å²) in [5.41, 5.74) is 5.66. The van der Waals surface area contributed by atoms with Gasteiger partial charge in [-0.15, -0.1) is 0 Å². The van der Waals surface area contributed by atoms with Gasteiger partial charge >= 0.3 is 0 Å². The van der Waals surface area contributed by atoms with E-state index < -0.39 is 53.3 Å². The van der Waals surface area contributed by atoms with Gasteiger partial charge in [-0.2, -0.15) is 0 Å². The van der Waals surface area contributed by atoms with Gasteiger partial charge < -0.3 is 35.2 Å². The number of halogens is 1. The molecule has 1 heterocycles. The predicted octanol–water partition coefficient (Wildman–Crippen LogP) is 4.19. The Labute approximate surface area is 317 Å². The molecule has 53 heavy (non-hydrogen) atoms. The number of para-hydroxylation sites is 1. The standard InChI is InChI=1S/C40H53ClN2O9S/c1-26(6-5-9-37(47)43(20-21-53(2,50)51)24-34(45)38(48)39(49)35(46)25-44)27-10-13-33(41)28(22-27)14-16-40(17-18-40)32-23-42-19-15-30(32)31-7-3-4-8-36(31)52-29-11-12-29/h3-4,7-8,10,13,15,19,22-23,26,29,34-35,38-39,44-46,48-49H,5-6,9,11-12,14,16-18,20-21,24-25H2,1-2H3/t26?,34-,35+,38+,39+/m1/s1. The van der Waals surface area contributed by atoms with Gasteiger partial charge in [0.25, 0.3) is 0 Å². The molecule has 3 aromatic rings. The average Bonchev–Trinajstić information content (AvgIpc) is 4.09. The topological polar surface area (TPSA) is 178 Å². The van der Waals surface area contributed by atoms with Crippen molar-refractivity contribution < 1.29 is 43.5 Å². The van der Waals surface area contributed by atoms with Crippen LogP contribution in [0.25, 0.3) is 11.1 Å². The van der Waals surface area contributed by atoms with Crippen molar-refractivity contribution in [1.29, 1.82) is 0 Å². The highest BCUT2D eigenvalue weighted by molar-refractivity contribution is 7.90. The van der Waals surface area contributed by atoms with Crippen LogP contribution in [0.3, 0.4) is 0 Å². The number of sulfone groups is 1. The number of carbonyl (C=O) groups is 1. The number of aliphatic hydroxyl groups is 5. The number of pyridine rings is 1. The predicted molar refractivity (Wildman–Crippen MR) is 204 cm³/mol. The van der Waals surface area contributed by atoms with Gasteiger partial charge in [0.1, 0.15) is 40.0 Å². The quantitative estimate of drug-likeness (QED) is 0.106. The van der Waals surface area contributed by atoms with Crippen LogP contribution in [0, 0.1) is 0 Å². The van der Waals surface area contributed by atoms with Crippen molar-refractivity contribution in [3.8, 4) is 16.9 Å². The Hall–Kier alpha value is -3.10. The Balaban J connectivity index is 1.20. The van der Waals surface area contributed by atoms with Crippen molar-refractivity contribution >= 4 is 27.3 Å². The molecule has 0 spiro atoms. The molecular weight excluding hydrogens is 720 g/mol. The van der Waals surface area contributed by atoms with Gasteiger partial charge in [0.2, 0.25) is 5.91 Å². The minimum atomic E-state index is -3.44. The fourth-order valence-electron chi connectivity index (χ4n) is 6.86. The summed E-state index contributed by atoms with van der Waals surface area (Å²) in [6.45, 7) is 0.578. The van der Waals surface area contributed by atoms with Crippen LogP contribution in [0.4, 0.5) is 0 Å². The first-order chi connectivity index (χ1) is 25.2. The van der Waals surface area contributed by atoms with E-state index >= 15 is 0 Å². The molecule has 1 amide bonds. The van der Waals surface area contributed by atoms with E-state index in [1.807, 2.05) is 42.7 Å². The first-order valence-corrected chi connectivity index (χ1v) is 20.9. The van der Waals surface area contributed by atoms with Crippen molar-refractivity contribution in [3.05, 3.63) is 82.6 Å². The van der Waals surface area contributed by atoms with Crippen LogP contribution >= 0.6 is 11.6 Å². The number of aryl methyl sites for hydroxylation is 1. The third kappa shape index (κ3) is 11.2. The lowest BCUT2D eigenvalue weighted by Crippen LogP contribution is -2.51. The maximum Gasteiger partial charge on any atom is 0.222 e. The lowest BCUT2D eigenvalue weighted by Gasteiger charge is -2.30. The molecule has 0 radical (unpaired) electrons. The van der Waals surface area contributed by atoms with Gasteiger partial charge in [0.15, 0.2) is 0 Å². The molecule has 290 valence electrons. The highest BCUT2D eigenvalue weighted by atomic mass is 35.5. The van der Waals surface area contributed by atoms with Gasteiger partial charge in [-0.1, -0.05) is 48.9 Å². The van der Waals surface area contributed by atoms with E-state index in [-0.39, 0.29) is 30.1 Å². The molecule has 0 bridgehead atoms. The number of aliphatic hydroxyl groups excluding tert-OH is 5. The molecule has 5 atom stereocenters. The number of nitrogens with zero attached hydrogens (tertiary/aromatic N) is 2. The number of carbonyl (C=O) groups excluding carboxylic acids is 1. The normalized spacial score (nSPS) is 18.1. The van der Waals surface area contributed by atoms with Crippen molar-refractivity contribution in [2.45, 2.75) is 107 Å². The molecule has 2 aromatic carbocycles. The summed E-state index contributed by atoms with van der Waals surface area (Å²) >= 11 is 6.75. The Morgan fingerprint density at radius 3 is 2.43 bits per heavy atom. The Bertz CT molecular complexity index is 1800. The van der Waals surface area contributed by atoms with E-state index in [1.165, 1.54) is 5.56 Å². The smallest absolute Gasteiger partial charge is 0.222 e. The lowest BCUT2D eigenvalue weighted by atomic mass is 9.84. The molecule has 1 aromatic heterocycles. The summed E-state index contributed by atoms with van der Waals surface area (Å²) in [5.74, 6) is 0.247. The summed E-state index contributed by atoms with van der Waals surface area (Å²) in [6, 6.07) is 16.4. The minimum absolute atomic E-state index is 0.00488. The van der Waals surface area contributed by atoms with Crippen molar-refractivity contribution in [3.63, 3.8) is 0 Å². The second-order valence-electron chi connectivity index (χ2n) is 14.9. The van der Waals surface area contributed by atoms with E-state index in [4.69, 9.17) is 21.4 Å². The number of ether oxygens (including phenoxy) is 1. The van der Waals surface area contributed by atoms with Gasteiger partial charge in [-0.25, -0.2) is 8.42 Å². The molecule has 2 aliphatic rings. The largest absolute Gasteiger partial charge is 0.490 e. The minimum Gasteiger partial charge on any atom is -0.490 e. The third-order valence-electron chi connectivity index (χ3n) is 10.6. The van der Waals surface area contributed by atoms with E-state index in [9.17, 15) is 33.6 Å². The zero-order valence-corrected chi connectivity index (χ0v) is 32.1. The fourth-order valence-corrected chi connectivity index (χ4v) is 7.62. The first-order valence-electron chi connectivity index (χ1n) is 18.5. The highest BCUT2D eigenvalue weighted by Gasteiger charge is 2.45. The van der Waals surface area contributed by atoms with E-state index in [0.717, 1.165) is 77.7 Å². The maximum atomic E-state index is 13.2. The first kappa shape index (κ1) is 41.1. The van der Waals surface area contributed by atoms with Crippen LogP contribution < -0.4 is 4.74 Å². The summed E-state index contributed by atoms with van der Waals surface area (Å²) in [5, 5.41) is 50.2. The molecule has 11 nitrogen and oxygen atoms in total. The second kappa shape index (κ2) is 18.0. The summed E-state index contributed by atoms with van der Waals surface area (Å²) in [4.78, 5) is 18.9. The van der Waals surface area contributed by atoms with Crippen LogP contribution in [0.1, 0.15) is 80.9 Å². The third-order valence-corrected chi connectivity index (χ3v) is 11.9. The molecule has 2 aliphatic carbocycles. The van der Waals surface area contributed by atoms with Gasteiger partial charge in [-0.3, -0.25) is 9.78 Å². The Kier molecular flexibility index (Phi) is 14.0. The van der Waals surface area contributed by atoms with Crippen LogP contribution in [0.15, 0.2) is 60.9 Å². The number of aromatic nitrogens is 1. The zero-order chi connectivity index (χ0) is 38.3. The summed E-state index contributed by atoms with van der Waals surface area (Å²) < 4.78 is 30.0. The van der Waals surface area contributed by atoms with Gasteiger partial charge in [0, 0.05) is 48.7 Å². The van der Waals surface area contributed by atoms with Crippen molar-refractivity contribution in [2.24, 2.45) is 0 Å². The lowest BCUT2D eigenvalue weighted by molar-refractivity contribution is -0.139. The maximum absolute atomic E-state index is 13.2. The summed E-state index contributed by atoms with van der Waals surface area (Å²) in [6.07, 6.45) is 5.33. The molecular formula is C40H53ClN2O9S. The van der Waals surface area contributed by atoms with E-state index in [0.29, 0.717) is 24.0 Å². The molecule has 2 fully saturated rings. The van der Waals surface area contributed by atoms with Crippen LogP contribution in [-0.2, 0) is 26.5 Å². The number of hydrogen-bond donors (Lipinski definition) is 5. The molecule has 0 saturated heterocycles. The van der Waals surface area contributed by atoms with Crippen molar-refractivity contribution in [1.82, 2.24) is 9.88 Å². The van der Waals surface area contributed by atoms with E-state index in [2.05, 4.69) is 30.1 Å². The van der Waals surface area contributed by atoms with Gasteiger partial charge in [0.05, 0.1) is 18.5 Å². The molecule has 5 rings (SSSR count). The fraction of sp³-hybridized carbons (Fsp3) is 0.550. The number of hydrogen-bond acceptors (Lipinski definition) is 10. The SMILES string of the molecule is CC(CCCC(=O)N(CCS(C)(=O)=O)C[C@@H](O)[C@H](O)[C@@H](O)[C@@H](O)CO)c1ccc(Cl)c(CCC2(c3cnccc3-c3ccccc3OC3CC3)CC2)c1. The molecule has 0 aliphatic heterocycles. The monoisotopic (exact) mass is 772 g/mol. The Morgan fingerprint density at radius 2 is 1.75 bits per heavy atom. The van der Waals surface area contributed by atoms with Crippen LogP contribution in [0.2, 0.25) is 5.02 Å². The van der Waals surface area contributed by atoms with Crippen LogP contribution in [-0.4, -0.2) is 112 Å². The second-order valence-corrected chi connectivity index (χ2v) is 17.6. The summed E-state index contributed by atoms with van der Waals surface area (Å²) in [7, 11) is -3.44. The number of rotatable bonds is 21. The Morgan fingerprint density at radius 1 is 1.04 bits per heavy atom. The molecule has 1 unspecified atom stereocenters. The zero-order valence-electron chi connectivity index (χ0n) is 30.5. The van der Waals surface area contributed by atoms with E-state index in [1.54, 1.807) is 0 Å².